The van der Waals surface area contributed by atoms with Crippen LogP contribution in [-0.2, 0) is 4.79 Å². The quantitative estimate of drug-likeness (QED) is 0.402. The van der Waals surface area contributed by atoms with Crippen LogP contribution in [0.4, 0.5) is 15.8 Å². The van der Waals surface area contributed by atoms with Gasteiger partial charge in [-0.2, -0.15) is 0 Å². The summed E-state index contributed by atoms with van der Waals surface area (Å²) < 4.78 is 13.4. The summed E-state index contributed by atoms with van der Waals surface area (Å²) in [6.45, 7) is 5.76. The second-order valence-electron chi connectivity index (χ2n) is 8.37. The molecule has 0 unspecified atom stereocenters. The van der Waals surface area contributed by atoms with Crippen molar-refractivity contribution in [1.29, 1.82) is 0 Å². The smallest absolute Gasteiger partial charge is 0.279 e. The van der Waals surface area contributed by atoms with Gasteiger partial charge < -0.3 is 5.32 Å². The van der Waals surface area contributed by atoms with E-state index in [2.05, 4.69) is 15.3 Å². The predicted octanol–water partition coefficient (Wildman–Crippen LogP) is 5.57. The fraction of sp³-hybridized carbons (Fsp3) is 0.143. The van der Waals surface area contributed by atoms with Crippen molar-refractivity contribution < 1.29 is 14.0 Å². The second-order valence-corrected chi connectivity index (χ2v) is 8.37. The number of rotatable bonds is 6. The Morgan fingerprint density at radius 3 is 2.23 bits per heavy atom. The van der Waals surface area contributed by atoms with E-state index in [1.807, 2.05) is 63.2 Å². The molecule has 7 heteroatoms. The summed E-state index contributed by atoms with van der Waals surface area (Å²) in [4.78, 5) is 37.4. The van der Waals surface area contributed by atoms with Crippen LogP contribution < -0.4 is 10.2 Å². The van der Waals surface area contributed by atoms with Gasteiger partial charge in [-0.05, 0) is 79.4 Å². The molecule has 0 radical (unpaired) electrons. The standard InChI is InChI=1S/C28H25FN4O2/c1-18-14-19(2)16-23(15-18)33(28(35)25-17-30-12-13-31-25)26(24-7-5-4-6-20(24)3)27(34)32-22-10-8-21(29)9-11-22/h4-17,26H,1-3H3,(H,32,34)/t26-/m0/s1. The molecule has 1 heterocycles. The lowest BCUT2D eigenvalue weighted by atomic mass is 9.97. The van der Waals surface area contributed by atoms with Crippen LogP contribution in [0.2, 0.25) is 0 Å². The van der Waals surface area contributed by atoms with E-state index in [0.717, 1.165) is 16.7 Å². The number of halogens is 1. The van der Waals surface area contributed by atoms with Crippen LogP contribution in [-0.4, -0.2) is 21.8 Å². The summed E-state index contributed by atoms with van der Waals surface area (Å²) in [7, 11) is 0. The molecule has 1 aromatic heterocycles. The molecule has 6 nitrogen and oxygen atoms in total. The predicted molar refractivity (Wildman–Crippen MR) is 134 cm³/mol. The van der Waals surface area contributed by atoms with Crippen LogP contribution in [0.15, 0.2) is 85.3 Å². The summed E-state index contributed by atoms with van der Waals surface area (Å²) in [5.74, 6) is -1.32. The molecule has 2 amide bonds. The van der Waals surface area contributed by atoms with Crippen molar-refractivity contribution in [2.45, 2.75) is 26.8 Å². The first-order valence-electron chi connectivity index (χ1n) is 11.1. The second kappa shape index (κ2) is 10.3. The molecule has 0 aliphatic carbocycles. The topological polar surface area (TPSA) is 75.2 Å². The molecule has 4 rings (SSSR count). The van der Waals surface area contributed by atoms with Gasteiger partial charge in [0.15, 0.2) is 0 Å². The number of aromatic nitrogens is 2. The van der Waals surface area contributed by atoms with Gasteiger partial charge in [0.1, 0.15) is 17.6 Å². The molecular weight excluding hydrogens is 443 g/mol. The van der Waals surface area contributed by atoms with Crippen molar-refractivity contribution in [3.63, 3.8) is 0 Å². The third-order valence-electron chi connectivity index (χ3n) is 5.59. The fourth-order valence-electron chi connectivity index (χ4n) is 4.04. The third kappa shape index (κ3) is 5.41. The van der Waals surface area contributed by atoms with Gasteiger partial charge in [0.05, 0.1) is 6.20 Å². The zero-order chi connectivity index (χ0) is 24.9. The van der Waals surface area contributed by atoms with Crippen molar-refractivity contribution in [3.8, 4) is 0 Å². The third-order valence-corrected chi connectivity index (χ3v) is 5.59. The first-order valence-corrected chi connectivity index (χ1v) is 11.1. The van der Waals surface area contributed by atoms with Crippen LogP contribution in [0, 0.1) is 26.6 Å². The molecule has 176 valence electrons. The maximum Gasteiger partial charge on any atom is 0.279 e. The molecule has 0 fully saturated rings. The Morgan fingerprint density at radius 2 is 1.60 bits per heavy atom. The highest BCUT2D eigenvalue weighted by molar-refractivity contribution is 6.11. The Balaban J connectivity index is 1.89. The highest BCUT2D eigenvalue weighted by Crippen LogP contribution is 2.33. The molecule has 1 N–H and O–H groups in total. The maximum atomic E-state index is 13.9. The molecule has 0 saturated heterocycles. The fourth-order valence-corrected chi connectivity index (χ4v) is 4.04. The molecule has 0 aliphatic heterocycles. The average Bonchev–Trinajstić information content (AvgIpc) is 2.84. The van der Waals surface area contributed by atoms with Crippen molar-refractivity contribution in [2.24, 2.45) is 0 Å². The summed E-state index contributed by atoms with van der Waals surface area (Å²) in [6.07, 6.45) is 4.30. The minimum absolute atomic E-state index is 0.111. The van der Waals surface area contributed by atoms with E-state index in [1.54, 1.807) is 0 Å². The Morgan fingerprint density at radius 1 is 0.914 bits per heavy atom. The van der Waals surface area contributed by atoms with E-state index in [4.69, 9.17) is 0 Å². The van der Waals surface area contributed by atoms with Gasteiger partial charge in [0, 0.05) is 23.8 Å². The number of hydrogen-bond donors (Lipinski definition) is 1. The monoisotopic (exact) mass is 468 g/mol. The normalized spacial score (nSPS) is 11.5. The first kappa shape index (κ1) is 23.8. The molecule has 4 aromatic rings. The Hall–Kier alpha value is -4.39. The Bertz CT molecular complexity index is 1340. The minimum atomic E-state index is -1.03. The average molecular weight is 469 g/mol. The van der Waals surface area contributed by atoms with Crippen molar-refractivity contribution in [1.82, 2.24) is 9.97 Å². The Kier molecular flexibility index (Phi) is 6.96. The van der Waals surface area contributed by atoms with E-state index in [9.17, 15) is 14.0 Å². The first-order chi connectivity index (χ1) is 16.8. The molecule has 35 heavy (non-hydrogen) atoms. The van der Waals surface area contributed by atoms with Gasteiger partial charge in [0.2, 0.25) is 0 Å². The van der Waals surface area contributed by atoms with E-state index in [0.29, 0.717) is 16.9 Å². The molecule has 0 spiro atoms. The van der Waals surface area contributed by atoms with Gasteiger partial charge >= 0.3 is 0 Å². The van der Waals surface area contributed by atoms with Crippen LogP contribution >= 0.6 is 0 Å². The van der Waals surface area contributed by atoms with E-state index in [1.165, 1.54) is 47.8 Å². The lowest BCUT2D eigenvalue weighted by Crippen LogP contribution is -2.42. The molecule has 0 bridgehead atoms. The van der Waals surface area contributed by atoms with Gasteiger partial charge in [-0.3, -0.25) is 19.5 Å². The van der Waals surface area contributed by atoms with Crippen LogP contribution in [0.3, 0.4) is 0 Å². The molecule has 0 aliphatic rings. The lowest BCUT2D eigenvalue weighted by molar-refractivity contribution is -0.117. The number of carbonyl (C=O) groups is 2. The number of aryl methyl sites for hydroxylation is 3. The van der Waals surface area contributed by atoms with Crippen LogP contribution in [0.1, 0.15) is 38.8 Å². The summed E-state index contributed by atoms with van der Waals surface area (Å²) >= 11 is 0. The highest BCUT2D eigenvalue weighted by Gasteiger charge is 2.35. The summed E-state index contributed by atoms with van der Waals surface area (Å²) in [5.41, 5.74) is 4.47. The van der Waals surface area contributed by atoms with E-state index in [-0.39, 0.29) is 5.69 Å². The minimum Gasteiger partial charge on any atom is -0.324 e. The zero-order valence-corrected chi connectivity index (χ0v) is 19.7. The van der Waals surface area contributed by atoms with E-state index >= 15 is 0 Å². The van der Waals surface area contributed by atoms with Crippen molar-refractivity contribution >= 4 is 23.2 Å². The largest absolute Gasteiger partial charge is 0.324 e. The number of amides is 2. The number of hydrogen-bond acceptors (Lipinski definition) is 4. The van der Waals surface area contributed by atoms with Gasteiger partial charge in [0.25, 0.3) is 11.8 Å². The zero-order valence-electron chi connectivity index (χ0n) is 19.7. The molecule has 0 saturated carbocycles. The van der Waals surface area contributed by atoms with Gasteiger partial charge in [-0.15, -0.1) is 0 Å². The number of benzene rings is 3. The number of anilines is 2. The number of carbonyl (C=O) groups excluding carboxylic acids is 2. The molecular formula is C28H25FN4O2. The number of nitrogens with one attached hydrogen (secondary N) is 1. The van der Waals surface area contributed by atoms with Gasteiger partial charge in [-0.1, -0.05) is 30.3 Å². The van der Waals surface area contributed by atoms with E-state index < -0.39 is 23.7 Å². The summed E-state index contributed by atoms with van der Waals surface area (Å²) in [5, 5.41) is 2.85. The van der Waals surface area contributed by atoms with Gasteiger partial charge in [-0.25, -0.2) is 9.37 Å². The van der Waals surface area contributed by atoms with Crippen molar-refractivity contribution in [3.05, 3.63) is 119 Å². The maximum absolute atomic E-state index is 13.9. The van der Waals surface area contributed by atoms with Crippen LogP contribution in [0.25, 0.3) is 0 Å². The lowest BCUT2D eigenvalue weighted by Gasteiger charge is -2.32. The molecule has 1 atom stereocenters. The molecule has 3 aromatic carbocycles. The van der Waals surface area contributed by atoms with Crippen LogP contribution in [0.5, 0.6) is 0 Å². The summed E-state index contributed by atoms with van der Waals surface area (Å²) in [6, 6.07) is 17.6. The highest BCUT2D eigenvalue weighted by atomic mass is 19.1. The Labute approximate surface area is 203 Å². The number of nitrogens with zero attached hydrogens (tertiary/aromatic N) is 3. The van der Waals surface area contributed by atoms with Crippen molar-refractivity contribution in [2.75, 3.05) is 10.2 Å². The SMILES string of the molecule is Cc1cc(C)cc(N(C(=O)c2cnccn2)[C@H](C(=O)Nc2ccc(F)cc2)c2ccccc2C)c1.